The maximum Gasteiger partial charge on any atom is 0.183 e. The Kier molecular flexibility index (Phi) is 4.41. The summed E-state index contributed by atoms with van der Waals surface area (Å²) in [5.41, 5.74) is 5.17. The molecule has 1 N–H and O–H groups in total. The number of hydrogen-bond acceptors (Lipinski definition) is 4. The van der Waals surface area contributed by atoms with Crippen molar-refractivity contribution in [1.29, 1.82) is 0 Å². The zero-order chi connectivity index (χ0) is 17.1. The van der Waals surface area contributed by atoms with E-state index in [2.05, 4.69) is 39.0 Å². The van der Waals surface area contributed by atoms with Crippen molar-refractivity contribution in [3.63, 3.8) is 0 Å². The summed E-state index contributed by atoms with van der Waals surface area (Å²) in [4.78, 5) is 0. The second-order valence-corrected chi connectivity index (χ2v) is 6.24. The molecule has 0 saturated heterocycles. The number of tetrazole rings is 1. The van der Waals surface area contributed by atoms with Crippen molar-refractivity contribution >= 4 is 17.2 Å². The molecule has 124 valence electrons. The second kappa shape index (κ2) is 7.01. The van der Waals surface area contributed by atoms with Crippen molar-refractivity contribution in [2.24, 2.45) is 0 Å². The molecule has 0 aliphatic carbocycles. The summed E-state index contributed by atoms with van der Waals surface area (Å²) in [7, 11) is 0. The van der Waals surface area contributed by atoms with Gasteiger partial charge in [0, 0.05) is 35.4 Å². The number of nitrogens with zero attached hydrogens (tertiary/aromatic N) is 4. The maximum absolute atomic E-state index is 6.04. The number of nitrogens with one attached hydrogen (secondary N) is 1. The van der Waals surface area contributed by atoms with E-state index >= 15 is 0 Å². The van der Waals surface area contributed by atoms with Crippen LogP contribution in [0.25, 0.3) is 16.8 Å². The summed E-state index contributed by atoms with van der Waals surface area (Å²) < 4.78 is 1.72. The molecule has 2 heterocycles. The Hall–Kier alpha value is -2.76. The number of rotatable bonds is 5. The van der Waals surface area contributed by atoms with E-state index in [0.29, 0.717) is 6.54 Å². The third kappa shape index (κ3) is 3.52. The van der Waals surface area contributed by atoms with Gasteiger partial charge in [0.05, 0.1) is 0 Å². The predicted molar refractivity (Wildman–Crippen MR) is 98.2 cm³/mol. The number of aromatic nitrogens is 4. The lowest BCUT2D eigenvalue weighted by atomic mass is 10.1. The Bertz CT molecular complexity index is 997. The van der Waals surface area contributed by atoms with Gasteiger partial charge >= 0.3 is 0 Å². The average molecular weight is 350 g/mol. The fourth-order valence-corrected chi connectivity index (χ4v) is 3.03. The average Bonchev–Trinajstić information content (AvgIpc) is 3.11. The number of halogens is 1. The molecule has 0 radical (unpaired) electrons. The van der Waals surface area contributed by atoms with Crippen molar-refractivity contribution in [2.45, 2.75) is 13.1 Å². The van der Waals surface area contributed by atoms with Gasteiger partial charge in [0.2, 0.25) is 0 Å². The van der Waals surface area contributed by atoms with E-state index in [1.807, 2.05) is 48.7 Å². The van der Waals surface area contributed by atoms with E-state index in [-0.39, 0.29) is 0 Å². The first-order chi connectivity index (χ1) is 12.3. The van der Waals surface area contributed by atoms with Crippen molar-refractivity contribution < 1.29 is 0 Å². The van der Waals surface area contributed by atoms with E-state index in [4.69, 9.17) is 11.6 Å². The molecule has 0 fully saturated rings. The summed E-state index contributed by atoms with van der Waals surface area (Å²) in [5, 5.41) is 16.2. The monoisotopic (exact) mass is 349 g/mol. The molecule has 4 aromatic rings. The van der Waals surface area contributed by atoms with Crippen LogP contribution in [0.3, 0.4) is 0 Å². The molecule has 25 heavy (non-hydrogen) atoms. The van der Waals surface area contributed by atoms with Gasteiger partial charge < -0.3 is 5.32 Å². The minimum absolute atomic E-state index is 0.664. The van der Waals surface area contributed by atoms with Crippen LogP contribution in [-0.2, 0) is 13.1 Å². The van der Waals surface area contributed by atoms with Gasteiger partial charge in [-0.05, 0) is 39.8 Å². The Morgan fingerprint density at radius 2 is 1.80 bits per heavy atom. The van der Waals surface area contributed by atoms with Crippen molar-refractivity contribution in [3.05, 3.63) is 83.0 Å². The molecule has 0 spiro atoms. The van der Waals surface area contributed by atoms with Crippen LogP contribution in [0.15, 0.2) is 66.9 Å². The van der Waals surface area contributed by atoms with E-state index < -0.39 is 0 Å². The molecular weight excluding hydrogens is 334 g/mol. The number of fused-ring (bicyclic) bond motifs is 1. The standard InChI is InChI=1S/C19H16ClN5/c20-18-8-4-5-14(9-18)11-21-12-16-10-17(15-6-2-1-3-7-15)13-25-19(16)22-23-24-25/h1-10,13,21H,11-12H2. The highest BCUT2D eigenvalue weighted by molar-refractivity contribution is 6.30. The molecule has 2 aromatic carbocycles. The Morgan fingerprint density at radius 1 is 0.920 bits per heavy atom. The number of pyridine rings is 1. The first kappa shape index (κ1) is 15.7. The third-order valence-electron chi connectivity index (χ3n) is 4.01. The first-order valence-corrected chi connectivity index (χ1v) is 8.38. The van der Waals surface area contributed by atoms with Crippen molar-refractivity contribution in [1.82, 2.24) is 25.4 Å². The molecule has 0 unspecified atom stereocenters. The molecule has 5 nitrogen and oxygen atoms in total. The normalized spacial score (nSPS) is 11.1. The van der Waals surface area contributed by atoms with Gasteiger partial charge in [-0.3, -0.25) is 0 Å². The van der Waals surface area contributed by atoms with Crippen molar-refractivity contribution in [2.75, 3.05) is 0 Å². The lowest BCUT2D eigenvalue weighted by Crippen LogP contribution is -2.13. The predicted octanol–water partition coefficient (Wildman–Crippen LogP) is 3.73. The highest BCUT2D eigenvalue weighted by Crippen LogP contribution is 2.22. The Balaban J connectivity index is 1.59. The maximum atomic E-state index is 6.04. The van der Waals surface area contributed by atoms with E-state index in [1.54, 1.807) is 4.52 Å². The smallest absolute Gasteiger partial charge is 0.183 e. The lowest BCUT2D eigenvalue weighted by Gasteiger charge is -2.09. The van der Waals surface area contributed by atoms with Crippen LogP contribution in [0.5, 0.6) is 0 Å². The molecule has 6 heteroatoms. The molecule has 0 aliphatic heterocycles. The van der Waals surface area contributed by atoms with Crippen LogP contribution in [0, 0.1) is 0 Å². The molecule has 0 amide bonds. The molecule has 0 saturated carbocycles. The molecule has 2 aromatic heterocycles. The SMILES string of the molecule is Clc1cccc(CNCc2cc(-c3ccccc3)cn3nnnc23)c1. The molecule has 0 bridgehead atoms. The summed E-state index contributed by atoms with van der Waals surface area (Å²) in [6.07, 6.45) is 1.95. The lowest BCUT2D eigenvalue weighted by molar-refractivity contribution is 0.693. The topological polar surface area (TPSA) is 55.1 Å². The van der Waals surface area contributed by atoms with Gasteiger partial charge in [0.15, 0.2) is 5.65 Å². The van der Waals surface area contributed by atoms with E-state index in [9.17, 15) is 0 Å². The van der Waals surface area contributed by atoms with Gasteiger partial charge in [-0.2, -0.15) is 4.52 Å². The third-order valence-corrected chi connectivity index (χ3v) is 4.25. The fourth-order valence-electron chi connectivity index (χ4n) is 2.82. The highest BCUT2D eigenvalue weighted by atomic mass is 35.5. The highest BCUT2D eigenvalue weighted by Gasteiger charge is 2.09. The molecule has 0 atom stereocenters. The molecule has 4 rings (SSSR count). The van der Waals surface area contributed by atoms with Crippen LogP contribution >= 0.6 is 11.6 Å². The van der Waals surface area contributed by atoms with Gasteiger partial charge in [-0.1, -0.05) is 54.1 Å². The number of benzene rings is 2. The zero-order valence-corrected chi connectivity index (χ0v) is 14.2. The minimum atomic E-state index is 0.664. The van der Waals surface area contributed by atoms with Gasteiger partial charge in [-0.15, -0.1) is 5.10 Å². The largest absolute Gasteiger partial charge is 0.308 e. The quantitative estimate of drug-likeness (QED) is 0.596. The van der Waals surface area contributed by atoms with E-state index in [0.717, 1.165) is 39.5 Å². The van der Waals surface area contributed by atoms with Crippen LogP contribution in [0.2, 0.25) is 5.02 Å². The van der Waals surface area contributed by atoms with Crippen LogP contribution in [0.1, 0.15) is 11.1 Å². The van der Waals surface area contributed by atoms with Crippen LogP contribution < -0.4 is 5.32 Å². The summed E-state index contributed by atoms with van der Waals surface area (Å²) in [5.74, 6) is 0. The summed E-state index contributed by atoms with van der Waals surface area (Å²) in [6.45, 7) is 1.39. The van der Waals surface area contributed by atoms with Crippen molar-refractivity contribution in [3.8, 4) is 11.1 Å². The van der Waals surface area contributed by atoms with Crippen LogP contribution in [0.4, 0.5) is 0 Å². The Labute approximate surface area is 150 Å². The molecular formula is C19H16ClN5. The minimum Gasteiger partial charge on any atom is -0.308 e. The Morgan fingerprint density at radius 3 is 2.64 bits per heavy atom. The molecule has 0 aliphatic rings. The van der Waals surface area contributed by atoms with Gasteiger partial charge in [0.1, 0.15) is 0 Å². The fraction of sp³-hybridized carbons (Fsp3) is 0.105. The summed E-state index contributed by atoms with van der Waals surface area (Å²) >= 11 is 6.04. The van der Waals surface area contributed by atoms with Gasteiger partial charge in [-0.25, -0.2) is 0 Å². The van der Waals surface area contributed by atoms with E-state index in [1.165, 1.54) is 0 Å². The number of hydrogen-bond donors (Lipinski definition) is 1. The zero-order valence-electron chi connectivity index (χ0n) is 13.4. The van der Waals surface area contributed by atoms with Gasteiger partial charge in [0.25, 0.3) is 0 Å². The first-order valence-electron chi connectivity index (χ1n) is 8.01. The van der Waals surface area contributed by atoms with Crippen LogP contribution in [-0.4, -0.2) is 20.0 Å². The summed E-state index contributed by atoms with van der Waals surface area (Å²) in [6, 6.07) is 20.2. The second-order valence-electron chi connectivity index (χ2n) is 5.80.